The van der Waals surface area contributed by atoms with Gasteiger partial charge in [0.25, 0.3) is 8.32 Å². The van der Waals surface area contributed by atoms with Crippen LogP contribution in [0.1, 0.15) is 61.8 Å². The molecule has 8 heteroatoms. The lowest BCUT2D eigenvalue weighted by atomic mass is 9.71. The first kappa shape index (κ1) is 37.1. The minimum Gasteiger partial charge on any atom is -0.467 e. The fraction of sp³-hybridized carbons (Fsp3) is 0.513. The van der Waals surface area contributed by atoms with Crippen molar-refractivity contribution < 1.29 is 27.9 Å². The molecule has 0 bridgehead atoms. The molecule has 0 radical (unpaired) electrons. The molecule has 256 valence electrons. The summed E-state index contributed by atoms with van der Waals surface area (Å²) in [6.45, 7) is 23.5. The van der Waals surface area contributed by atoms with Gasteiger partial charge in [0.2, 0.25) is 0 Å². The largest absolute Gasteiger partial charge is 0.467 e. The Bertz CT molecular complexity index is 1430. The Hall–Kier alpha value is -2.76. The summed E-state index contributed by atoms with van der Waals surface area (Å²) in [6.07, 6.45) is 6.50. The number of hydrogen-bond donors (Lipinski definition) is 0. The van der Waals surface area contributed by atoms with E-state index in [1.807, 2.05) is 0 Å². The van der Waals surface area contributed by atoms with Crippen LogP contribution in [-0.4, -0.2) is 55.3 Å². The molecule has 4 rings (SSSR count). The third-order valence-electron chi connectivity index (χ3n) is 10.3. The minimum absolute atomic E-state index is 0.0377. The molecule has 3 atom stereocenters. The summed E-state index contributed by atoms with van der Waals surface area (Å²) in [7, 11) is -3.15. The fourth-order valence-electron chi connectivity index (χ4n) is 6.59. The van der Waals surface area contributed by atoms with Crippen LogP contribution in [0.4, 0.5) is 0 Å². The Balaban J connectivity index is 1.77. The lowest BCUT2D eigenvalue weighted by Gasteiger charge is -2.45. The van der Waals surface area contributed by atoms with Crippen LogP contribution in [0, 0.1) is 11.8 Å². The highest BCUT2D eigenvalue weighted by Gasteiger charge is 2.54. The van der Waals surface area contributed by atoms with Gasteiger partial charge < -0.3 is 23.1 Å². The number of rotatable bonds is 12. The molecule has 1 aliphatic heterocycles. The van der Waals surface area contributed by atoms with E-state index in [-0.39, 0.29) is 28.7 Å². The molecule has 0 fully saturated rings. The lowest BCUT2D eigenvalue weighted by molar-refractivity contribution is -0.154. The van der Waals surface area contributed by atoms with E-state index in [1.54, 1.807) is 7.11 Å². The van der Waals surface area contributed by atoms with Gasteiger partial charge in [-0.05, 0) is 52.0 Å². The number of carbonyl (C=O) groups is 1. The van der Waals surface area contributed by atoms with Crippen molar-refractivity contribution in [2.45, 2.75) is 90.6 Å². The molecule has 0 N–H and O–H groups in total. The number of benzene rings is 2. The van der Waals surface area contributed by atoms with Crippen LogP contribution in [0.15, 0.2) is 95.8 Å². The van der Waals surface area contributed by atoms with Crippen LogP contribution in [0.25, 0.3) is 0 Å². The monoisotopic (exact) mass is 676 g/mol. The minimum atomic E-state index is -2.76. The van der Waals surface area contributed by atoms with Crippen molar-refractivity contribution in [1.29, 1.82) is 0 Å². The van der Waals surface area contributed by atoms with Crippen molar-refractivity contribution in [2.75, 3.05) is 27.1 Å². The molecule has 1 aliphatic carbocycles. The number of esters is 1. The van der Waals surface area contributed by atoms with Crippen molar-refractivity contribution in [1.82, 2.24) is 0 Å². The van der Waals surface area contributed by atoms with Crippen molar-refractivity contribution >= 4 is 33.0 Å². The zero-order valence-corrected chi connectivity index (χ0v) is 32.4. The maximum atomic E-state index is 12.9. The highest BCUT2D eigenvalue weighted by molar-refractivity contribution is 6.99. The van der Waals surface area contributed by atoms with Crippen molar-refractivity contribution in [3.8, 4) is 0 Å². The molecule has 6 nitrogen and oxygen atoms in total. The molecule has 0 amide bonds. The first-order chi connectivity index (χ1) is 22.0. The summed E-state index contributed by atoms with van der Waals surface area (Å²) >= 11 is 0. The van der Waals surface area contributed by atoms with Crippen LogP contribution >= 0.6 is 0 Å². The van der Waals surface area contributed by atoms with Crippen LogP contribution in [0.5, 0.6) is 0 Å². The second-order valence-electron chi connectivity index (χ2n) is 15.8. The molecule has 0 unspecified atom stereocenters. The summed E-state index contributed by atoms with van der Waals surface area (Å²) in [4.78, 5) is 12.9. The first-order valence-electron chi connectivity index (χ1n) is 16.8. The highest BCUT2D eigenvalue weighted by Crippen LogP contribution is 2.48. The van der Waals surface area contributed by atoms with Gasteiger partial charge in [0, 0.05) is 19.4 Å². The van der Waals surface area contributed by atoms with Gasteiger partial charge in [-0.2, -0.15) is 0 Å². The normalized spacial score (nSPS) is 22.6. The molecule has 47 heavy (non-hydrogen) atoms. The van der Waals surface area contributed by atoms with Gasteiger partial charge in [-0.3, -0.25) is 0 Å². The molecule has 0 saturated heterocycles. The fourth-order valence-corrected chi connectivity index (χ4v) is 12.2. The number of carbonyl (C=O) groups excluding carboxylic acids is 1. The van der Waals surface area contributed by atoms with Gasteiger partial charge in [0.15, 0.2) is 26.5 Å². The van der Waals surface area contributed by atoms with Crippen LogP contribution in [0.3, 0.4) is 0 Å². The van der Waals surface area contributed by atoms with Crippen LogP contribution < -0.4 is 10.4 Å². The molecule has 0 saturated carbocycles. The molecular formula is C39H56O6Si2. The zero-order chi connectivity index (χ0) is 34.7. The number of ether oxygens (including phenoxy) is 3. The van der Waals surface area contributed by atoms with Crippen molar-refractivity contribution in [3.05, 3.63) is 95.8 Å². The van der Waals surface area contributed by atoms with E-state index in [9.17, 15) is 4.79 Å². The molecule has 1 heterocycles. The van der Waals surface area contributed by atoms with E-state index >= 15 is 0 Å². The molecule has 0 aromatic heterocycles. The topological polar surface area (TPSA) is 63.2 Å². The molecule has 2 aromatic rings. The van der Waals surface area contributed by atoms with E-state index < -0.39 is 28.2 Å². The summed E-state index contributed by atoms with van der Waals surface area (Å²) < 4.78 is 31.5. The van der Waals surface area contributed by atoms with Crippen molar-refractivity contribution in [2.24, 2.45) is 11.8 Å². The van der Waals surface area contributed by atoms with Crippen LogP contribution in [0.2, 0.25) is 23.2 Å². The third-order valence-corrected chi connectivity index (χ3v) is 19.7. The predicted molar refractivity (Wildman–Crippen MR) is 196 cm³/mol. The maximum absolute atomic E-state index is 12.9. The highest BCUT2D eigenvalue weighted by atomic mass is 28.4. The smallest absolute Gasteiger partial charge is 0.335 e. The standard InChI is InChI=1S/C39H56O6Si2/c1-29(26-43-46(10,11)37(3,4)5)22-32-23-31(30(2)25-39(32)35(42-28-41-9)24-36(40)45-39)27-44-47(38(6,7)8,33-18-14-12-15-19-33)34-20-16-13-17-21-34/h12-24,30,32H,25-28H2,1-11H3/b29-22+/t30-,32-,39+/m1/s1. The first-order valence-corrected chi connectivity index (χ1v) is 21.6. The Kier molecular flexibility index (Phi) is 11.3. The predicted octanol–water partition coefficient (Wildman–Crippen LogP) is 7.91. The average Bonchev–Trinajstić information content (AvgIpc) is 3.31. The number of methoxy groups -OCH3 is 1. The van der Waals surface area contributed by atoms with Crippen LogP contribution in [-0.2, 0) is 27.9 Å². The zero-order valence-electron chi connectivity index (χ0n) is 30.4. The SMILES string of the molecule is COCOC1=CC(=O)O[C@]12C[C@@H](C)C(CO[Si](c1ccccc1)(c1ccccc1)C(C)(C)C)=C[C@H]2/C=C(\C)CO[Si](C)(C)C(C)(C)C. The van der Waals surface area contributed by atoms with Gasteiger partial charge in [0.05, 0.1) is 19.3 Å². The van der Waals surface area contributed by atoms with Gasteiger partial charge in [-0.1, -0.05) is 127 Å². The molecule has 2 aromatic carbocycles. The number of hydrogen-bond acceptors (Lipinski definition) is 6. The second-order valence-corrected chi connectivity index (χ2v) is 24.9. The average molecular weight is 677 g/mol. The summed E-state index contributed by atoms with van der Waals surface area (Å²) in [5.74, 6) is -0.0767. The van der Waals surface area contributed by atoms with Gasteiger partial charge in [-0.15, -0.1) is 0 Å². The Labute approximate surface area is 285 Å². The Morgan fingerprint density at radius 2 is 1.51 bits per heavy atom. The lowest BCUT2D eigenvalue weighted by Crippen LogP contribution is -2.66. The molecule has 1 spiro atoms. The summed E-state index contributed by atoms with van der Waals surface area (Å²) in [5, 5.41) is 2.46. The van der Waals surface area contributed by atoms with E-state index in [0.717, 1.165) is 5.57 Å². The molecule has 2 aliphatic rings. The van der Waals surface area contributed by atoms with Gasteiger partial charge >= 0.3 is 5.97 Å². The second kappa shape index (κ2) is 14.4. The third kappa shape index (κ3) is 7.78. The van der Waals surface area contributed by atoms with E-state index in [4.69, 9.17) is 23.1 Å². The summed E-state index contributed by atoms with van der Waals surface area (Å²) in [6, 6.07) is 21.5. The van der Waals surface area contributed by atoms with E-state index in [2.05, 4.69) is 141 Å². The van der Waals surface area contributed by atoms with Gasteiger partial charge in [-0.25, -0.2) is 4.79 Å². The van der Waals surface area contributed by atoms with Gasteiger partial charge in [0.1, 0.15) is 0 Å². The van der Waals surface area contributed by atoms with E-state index in [0.29, 0.717) is 25.4 Å². The Morgan fingerprint density at radius 3 is 2.02 bits per heavy atom. The van der Waals surface area contributed by atoms with Crippen molar-refractivity contribution in [3.63, 3.8) is 0 Å². The molecular weight excluding hydrogens is 621 g/mol. The van der Waals surface area contributed by atoms with E-state index in [1.165, 1.54) is 22.0 Å². The Morgan fingerprint density at radius 1 is 0.936 bits per heavy atom. The quantitative estimate of drug-likeness (QED) is 0.0986. The maximum Gasteiger partial charge on any atom is 0.335 e. The summed E-state index contributed by atoms with van der Waals surface area (Å²) in [5.41, 5.74) is 1.32.